The smallest absolute Gasteiger partial charge is 0.345 e. The molecule has 0 radical (unpaired) electrons. The molecule has 0 amide bonds. The number of sulfonamides is 1. The number of thiophene rings is 1. The van der Waals surface area contributed by atoms with Gasteiger partial charge in [0, 0.05) is 9.35 Å². The van der Waals surface area contributed by atoms with Gasteiger partial charge in [-0.25, -0.2) is 17.6 Å². The monoisotopic (exact) mass is 393 g/mol. The number of rotatable bonds is 4. The number of hydrogen-bond donors (Lipinski definition) is 2. The van der Waals surface area contributed by atoms with Crippen LogP contribution >= 0.6 is 27.3 Å². The molecule has 0 aliphatic carbocycles. The molecule has 21 heavy (non-hydrogen) atoms. The minimum absolute atomic E-state index is 0.0968. The van der Waals surface area contributed by atoms with E-state index in [2.05, 4.69) is 20.7 Å². The number of nitrogens with one attached hydrogen (secondary N) is 1. The van der Waals surface area contributed by atoms with Crippen LogP contribution in [0.5, 0.6) is 0 Å². The van der Waals surface area contributed by atoms with Crippen molar-refractivity contribution in [3.63, 3.8) is 0 Å². The van der Waals surface area contributed by atoms with Crippen LogP contribution in [0.25, 0.3) is 0 Å². The Kier molecular flexibility index (Phi) is 4.35. The van der Waals surface area contributed by atoms with Gasteiger partial charge in [-0.3, -0.25) is 4.72 Å². The highest BCUT2D eigenvalue weighted by atomic mass is 79.9. The Labute approximate surface area is 132 Å². The predicted molar refractivity (Wildman–Crippen MR) is 80.9 cm³/mol. The highest BCUT2D eigenvalue weighted by molar-refractivity contribution is 9.10. The van der Waals surface area contributed by atoms with E-state index in [4.69, 9.17) is 5.11 Å². The molecule has 0 saturated heterocycles. The van der Waals surface area contributed by atoms with Gasteiger partial charge in [0.15, 0.2) is 0 Å². The van der Waals surface area contributed by atoms with Gasteiger partial charge in [0.05, 0.1) is 5.69 Å². The lowest BCUT2D eigenvalue weighted by Crippen LogP contribution is -2.14. The van der Waals surface area contributed by atoms with E-state index in [9.17, 15) is 17.6 Å². The molecule has 1 aromatic carbocycles. The molecule has 0 saturated carbocycles. The van der Waals surface area contributed by atoms with Crippen LogP contribution in [-0.2, 0) is 10.0 Å². The van der Waals surface area contributed by atoms with Crippen molar-refractivity contribution in [2.24, 2.45) is 0 Å². The Bertz CT molecular complexity index is 796. The van der Waals surface area contributed by atoms with Crippen molar-refractivity contribution in [2.75, 3.05) is 4.72 Å². The topological polar surface area (TPSA) is 83.5 Å². The van der Waals surface area contributed by atoms with Gasteiger partial charge in [-0.2, -0.15) is 0 Å². The Hall–Kier alpha value is -1.45. The summed E-state index contributed by atoms with van der Waals surface area (Å²) in [7, 11) is -4.07. The summed E-state index contributed by atoms with van der Waals surface area (Å²) in [6, 6.07) is 5.09. The Morgan fingerprint density at radius 3 is 2.62 bits per heavy atom. The second kappa shape index (κ2) is 5.74. The van der Waals surface area contributed by atoms with Gasteiger partial charge in [-0.1, -0.05) is 6.07 Å². The number of halogens is 2. The third kappa shape index (κ3) is 3.25. The largest absolute Gasteiger partial charge is 0.477 e. The summed E-state index contributed by atoms with van der Waals surface area (Å²) in [4.78, 5) is 10.9. The summed E-state index contributed by atoms with van der Waals surface area (Å²) in [5.41, 5.74) is -0.222. The van der Waals surface area contributed by atoms with Crippen LogP contribution in [0.15, 0.2) is 33.6 Å². The highest BCUT2D eigenvalue weighted by Gasteiger charge is 2.24. The number of para-hydroxylation sites is 1. The van der Waals surface area contributed by atoms with Crippen LogP contribution in [0, 0.1) is 12.7 Å². The summed E-state index contributed by atoms with van der Waals surface area (Å²) < 4.78 is 40.6. The molecule has 2 N–H and O–H groups in total. The van der Waals surface area contributed by atoms with E-state index in [1.54, 1.807) is 0 Å². The van der Waals surface area contributed by atoms with Crippen molar-refractivity contribution in [2.45, 2.75) is 11.8 Å². The molecule has 9 heteroatoms. The molecule has 1 aromatic heterocycles. The molecular weight excluding hydrogens is 385 g/mol. The number of carbonyl (C=O) groups is 1. The molecule has 2 aromatic rings. The predicted octanol–water partition coefficient (Wildman–Crippen LogP) is 3.46. The molecule has 1 heterocycles. The van der Waals surface area contributed by atoms with Crippen LogP contribution in [0.4, 0.5) is 10.1 Å². The first-order valence-corrected chi connectivity index (χ1v) is 8.62. The van der Waals surface area contributed by atoms with Crippen LogP contribution in [0.2, 0.25) is 0 Å². The molecule has 0 fully saturated rings. The maximum absolute atomic E-state index is 13.7. The molecule has 0 aliphatic rings. The minimum Gasteiger partial charge on any atom is -0.477 e. The molecule has 2 rings (SSSR count). The number of carboxylic acids is 1. The zero-order chi connectivity index (χ0) is 15.8. The van der Waals surface area contributed by atoms with E-state index in [-0.39, 0.29) is 19.9 Å². The first-order chi connectivity index (χ1) is 9.72. The Morgan fingerprint density at radius 2 is 2.10 bits per heavy atom. The second-order valence-electron chi connectivity index (χ2n) is 4.04. The number of hydrogen-bond acceptors (Lipinski definition) is 4. The fraction of sp³-hybridized carbons (Fsp3) is 0.0833. The summed E-state index contributed by atoms with van der Waals surface area (Å²) in [5.74, 6) is -1.95. The molecule has 5 nitrogen and oxygen atoms in total. The van der Waals surface area contributed by atoms with Crippen LogP contribution in [0.1, 0.15) is 14.5 Å². The first kappa shape index (κ1) is 15.9. The zero-order valence-corrected chi connectivity index (χ0v) is 13.8. The van der Waals surface area contributed by atoms with Crippen LogP contribution in [0.3, 0.4) is 0 Å². The number of aromatic carboxylic acids is 1. The average Bonchev–Trinajstić information content (AvgIpc) is 2.77. The molecular formula is C12H9BrFNO4S2. The first-order valence-electron chi connectivity index (χ1n) is 5.53. The lowest BCUT2D eigenvalue weighted by atomic mass is 10.3. The van der Waals surface area contributed by atoms with Crippen LogP contribution < -0.4 is 4.72 Å². The standard InChI is InChI=1S/C12H9BrFNO4S2/c1-6-10(5-9(20-6)12(16)17)21(18,19)15-11-7(13)3-2-4-8(11)14/h2-5,15H,1H3,(H,16,17). The van der Waals surface area contributed by atoms with E-state index in [1.165, 1.54) is 19.1 Å². The number of benzene rings is 1. The van der Waals surface area contributed by atoms with Gasteiger partial charge in [0.2, 0.25) is 0 Å². The van der Waals surface area contributed by atoms with Gasteiger partial charge >= 0.3 is 5.97 Å². The van der Waals surface area contributed by atoms with Crippen molar-refractivity contribution in [1.82, 2.24) is 0 Å². The van der Waals surface area contributed by atoms with E-state index < -0.39 is 21.8 Å². The Balaban J connectivity index is 2.46. The molecule has 0 spiro atoms. The van der Waals surface area contributed by atoms with Crippen molar-refractivity contribution in [3.05, 3.63) is 44.3 Å². The van der Waals surface area contributed by atoms with Gasteiger partial charge in [-0.05, 0) is 41.1 Å². The fourth-order valence-electron chi connectivity index (χ4n) is 1.62. The van der Waals surface area contributed by atoms with E-state index in [1.807, 2.05) is 0 Å². The lowest BCUT2D eigenvalue weighted by molar-refractivity contribution is 0.0702. The van der Waals surface area contributed by atoms with Gasteiger partial charge in [0.25, 0.3) is 10.0 Å². The van der Waals surface area contributed by atoms with Crippen molar-refractivity contribution >= 4 is 48.9 Å². The highest BCUT2D eigenvalue weighted by Crippen LogP contribution is 2.31. The third-order valence-corrected chi connectivity index (χ3v) is 5.88. The van der Waals surface area contributed by atoms with E-state index in [0.717, 1.165) is 23.5 Å². The summed E-state index contributed by atoms with van der Waals surface area (Å²) in [6.07, 6.45) is 0. The van der Waals surface area contributed by atoms with Crippen molar-refractivity contribution in [1.29, 1.82) is 0 Å². The van der Waals surface area contributed by atoms with Gasteiger partial charge in [-0.15, -0.1) is 11.3 Å². The molecule has 0 bridgehead atoms. The number of aryl methyl sites for hydroxylation is 1. The fourth-order valence-corrected chi connectivity index (χ4v) is 4.71. The van der Waals surface area contributed by atoms with Crippen LogP contribution in [-0.4, -0.2) is 19.5 Å². The molecule has 112 valence electrons. The van der Waals surface area contributed by atoms with E-state index >= 15 is 0 Å². The minimum atomic E-state index is -4.07. The second-order valence-corrected chi connectivity index (χ2v) is 7.80. The summed E-state index contributed by atoms with van der Waals surface area (Å²) in [5, 5.41) is 8.89. The summed E-state index contributed by atoms with van der Waals surface area (Å²) >= 11 is 3.90. The number of anilines is 1. The van der Waals surface area contributed by atoms with Crippen molar-refractivity contribution < 1.29 is 22.7 Å². The van der Waals surface area contributed by atoms with Gasteiger partial charge < -0.3 is 5.11 Å². The molecule has 0 unspecified atom stereocenters. The van der Waals surface area contributed by atoms with Gasteiger partial charge in [0.1, 0.15) is 15.6 Å². The lowest BCUT2D eigenvalue weighted by Gasteiger charge is -2.10. The molecule has 0 atom stereocenters. The maximum atomic E-state index is 13.7. The quantitative estimate of drug-likeness (QED) is 0.832. The maximum Gasteiger partial charge on any atom is 0.345 e. The van der Waals surface area contributed by atoms with E-state index in [0.29, 0.717) is 4.88 Å². The average molecular weight is 394 g/mol. The van der Waals surface area contributed by atoms with Crippen molar-refractivity contribution in [3.8, 4) is 0 Å². The SMILES string of the molecule is Cc1sc(C(=O)O)cc1S(=O)(=O)Nc1c(F)cccc1Br. The third-order valence-electron chi connectivity index (χ3n) is 2.57. The summed E-state index contributed by atoms with van der Waals surface area (Å²) in [6.45, 7) is 1.49. The molecule has 0 aliphatic heterocycles. The normalized spacial score (nSPS) is 11.4. The Morgan fingerprint density at radius 1 is 1.43 bits per heavy atom. The number of carboxylic acid groups (broad SMARTS) is 1. The zero-order valence-electron chi connectivity index (χ0n) is 10.6.